The van der Waals surface area contributed by atoms with Crippen LogP contribution in [-0.2, 0) is 6.54 Å². The van der Waals surface area contributed by atoms with Gasteiger partial charge in [-0.25, -0.2) is 4.98 Å². The smallest absolute Gasteiger partial charge is 0.202 e. The maximum Gasteiger partial charge on any atom is 0.202 e. The molecule has 1 fully saturated rings. The zero-order valence-corrected chi connectivity index (χ0v) is 11.0. The van der Waals surface area contributed by atoms with E-state index in [0.29, 0.717) is 6.04 Å². The van der Waals surface area contributed by atoms with Crippen LogP contribution in [0.15, 0.2) is 12.4 Å². The normalized spacial score (nSPS) is 18.5. The van der Waals surface area contributed by atoms with Crippen LogP contribution >= 0.6 is 0 Å². The number of hydrogen-bond donors (Lipinski definition) is 1. The lowest BCUT2D eigenvalue weighted by Gasteiger charge is -2.29. The zero-order chi connectivity index (χ0) is 12.1. The van der Waals surface area contributed by atoms with Gasteiger partial charge in [0.15, 0.2) is 0 Å². The first-order chi connectivity index (χ1) is 8.29. The second-order valence-electron chi connectivity index (χ2n) is 5.02. The summed E-state index contributed by atoms with van der Waals surface area (Å²) in [6, 6.07) is 0.592. The van der Waals surface area contributed by atoms with Gasteiger partial charge < -0.3 is 14.8 Å². The molecular formula is C13H24N4. The molecule has 2 heterocycles. The fraction of sp³-hybridized carbons (Fsp3) is 0.769. The molecule has 4 nitrogen and oxygen atoms in total. The highest BCUT2D eigenvalue weighted by Crippen LogP contribution is 2.15. The van der Waals surface area contributed by atoms with Crippen molar-refractivity contribution in [2.75, 3.05) is 25.5 Å². The molecule has 1 saturated heterocycles. The Bertz CT molecular complexity index is 326. The van der Waals surface area contributed by atoms with Gasteiger partial charge in [-0.3, -0.25) is 0 Å². The van der Waals surface area contributed by atoms with Crippen molar-refractivity contribution in [3.05, 3.63) is 12.4 Å². The van der Waals surface area contributed by atoms with E-state index in [2.05, 4.69) is 39.9 Å². The number of likely N-dealkylation sites (tertiary alicyclic amines) is 1. The molecule has 1 N–H and O–H groups in total. The van der Waals surface area contributed by atoms with Crippen molar-refractivity contribution in [3.63, 3.8) is 0 Å². The molecule has 17 heavy (non-hydrogen) atoms. The van der Waals surface area contributed by atoms with Gasteiger partial charge in [0.05, 0.1) is 0 Å². The summed E-state index contributed by atoms with van der Waals surface area (Å²) < 4.78 is 2.24. The van der Waals surface area contributed by atoms with Gasteiger partial charge in [-0.05, 0) is 39.4 Å². The summed E-state index contributed by atoms with van der Waals surface area (Å²) in [4.78, 5) is 6.81. The highest BCUT2D eigenvalue weighted by atomic mass is 15.2. The molecule has 0 unspecified atom stereocenters. The van der Waals surface area contributed by atoms with Crippen LogP contribution in [0, 0.1) is 0 Å². The van der Waals surface area contributed by atoms with Gasteiger partial charge in [-0.15, -0.1) is 0 Å². The van der Waals surface area contributed by atoms with Gasteiger partial charge >= 0.3 is 0 Å². The van der Waals surface area contributed by atoms with Gasteiger partial charge in [-0.2, -0.15) is 0 Å². The second-order valence-corrected chi connectivity index (χ2v) is 5.02. The Morgan fingerprint density at radius 1 is 1.41 bits per heavy atom. The van der Waals surface area contributed by atoms with Crippen molar-refractivity contribution in [2.24, 2.45) is 0 Å². The second kappa shape index (κ2) is 6.05. The van der Waals surface area contributed by atoms with Crippen molar-refractivity contribution in [1.29, 1.82) is 0 Å². The Morgan fingerprint density at radius 2 is 2.18 bits per heavy atom. The summed E-state index contributed by atoms with van der Waals surface area (Å²) >= 11 is 0. The SMILES string of the molecule is CCCCn1ccnc1NC1CCN(C)CC1. The van der Waals surface area contributed by atoms with E-state index in [9.17, 15) is 0 Å². The van der Waals surface area contributed by atoms with Crippen LogP contribution in [0.25, 0.3) is 0 Å². The number of unbranched alkanes of at least 4 members (excludes halogenated alkanes) is 1. The Hall–Kier alpha value is -1.03. The first kappa shape index (κ1) is 12.4. The lowest BCUT2D eigenvalue weighted by atomic mass is 10.1. The standard InChI is InChI=1S/C13H24N4/c1-3-4-8-17-11-7-14-13(17)15-12-5-9-16(2)10-6-12/h7,11-12H,3-6,8-10H2,1-2H3,(H,14,15). The van der Waals surface area contributed by atoms with Crippen LogP contribution in [0.5, 0.6) is 0 Å². The topological polar surface area (TPSA) is 33.1 Å². The van der Waals surface area contributed by atoms with E-state index in [0.717, 1.165) is 12.5 Å². The van der Waals surface area contributed by atoms with Gasteiger partial charge in [0.25, 0.3) is 0 Å². The van der Waals surface area contributed by atoms with Gasteiger partial charge in [-0.1, -0.05) is 13.3 Å². The number of nitrogens with zero attached hydrogens (tertiary/aromatic N) is 3. The lowest BCUT2D eigenvalue weighted by Crippen LogP contribution is -2.37. The molecule has 1 aliphatic rings. The molecule has 0 spiro atoms. The highest BCUT2D eigenvalue weighted by Gasteiger charge is 2.17. The monoisotopic (exact) mass is 236 g/mol. The van der Waals surface area contributed by atoms with Gasteiger partial charge in [0.2, 0.25) is 5.95 Å². The highest BCUT2D eigenvalue weighted by molar-refractivity contribution is 5.27. The Labute approximate surface area is 104 Å². The molecular weight excluding hydrogens is 212 g/mol. The first-order valence-corrected chi connectivity index (χ1v) is 6.76. The van der Waals surface area contributed by atoms with E-state index in [-0.39, 0.29) is 0 Å². The van der Waals surface area contributed by atoms with Crippen LogP contribution in [0.2, 0.25) is 0 Å². The number of hydrogen-bond acceptors (Lipinski definition) is 3. The van der Waals surface area contributed by atoms with E-state index in [4.69, 9.17) is 0 Å². The maximum atomic E-state index is 4.42. The summed E-state index contributed by atoms with van der Waals surface area (Å²) in [6.07, 6.45) is 8.86. The summed E-state index contributed by atoms with van der Waals surface area (Å²) in [5.74, 6) is 1.05. The third kappa shape index (κ3) is 3.46. The predicted molar refractivity (Wildman–Crippen MR) is 71.3 cm³/mol. The molecule has 0 aliphatic carbocycles. The molecule has 1 aliphatic heterocycles. The summed E-state index contributed by atoms with van der Waals surface area (Å²) in [5.41, 5.74) is 0. The molecule has 96 valence electrons. The molecule has 0 radical (unpaired) electrons. The number of aromatic nitrogens is 2. The molecule has 0 amide bonds. The van der Waals surface area contributed by atoms with Crippen LogP contribution in [-0.4, -0.2) is 40.6 Å². The van der Waals surface area contributed by atoms with Crippen LogP contribution < -0.4 is 5.32 Å². The summed E-state index contributed by atoms with van der Waals surface area (Å²) in [7, 11) is 2.19. The van der Waals surface area contributed by atoms with E-state index in [1.807, 2.05) is 6.20 Å². The zero-order valence-electron chi connectivity index (χ0n) is 11.0. The molecule has 4 heteroatoms. The predicted octanol–water partition coefficient (Wildman–Crippen LogP) is 2.19. The van der Waals surface area contributed by atoms with Gasteiger partial charge in [0.1, 0.15) is 0 Å². The number of rotatable bonds is 5. The number of anilines is 1. The first-order valence-electron chi connectivity index (χ1n) is 6.76. The van der Waals surface area contributed by atoms with Crippen molar-refractivity contribution in [1.82, 2.24) is 14.5 Å². The minimum absolute atomic E-state index is 0.592. The Balaban J connectivity index is 1.87. The third-order valence-corrected chi connectivity index (χ3v) is 3.52. The molecule has 0 saturated carbocycles. The molecule has 2 rings (SSSR count). The maximum absolute atomic E-state index is 4.42. The van der Waals surface area contributed by atoms with Crippen molar-refractivity contribution in [2.45, 2.75) is 45.2 Å². The van der Waals surface area contributed by atoms with E-state index < -0.39 is 0 Å². The number of aryl methyl sites for hydroxylation is 1. The molecule has 0 atom stereocenters. The summed E-state index contributed by atoms with van der Waals surface area (Å²) in [5, 5.41) is 3.58. The van der Waals surface area contributed by atoms with E-state index >= 15 is 0 Å². The largest absolute Gasteiger partial charge is 0.353 e. The average molecular weight is 236 g/mol. The number of imidazole rings is 1. The molecule has 0 bridgehead atoms. The van der Waals surface area contributed by atoms with Crippen LogP contribution in [0.1, 0.15) is 32.6 Å². The average Bonchev–Trinajstić information content (AvgIpc) is 2.77. The fourth-order valence-electron chi connectivity index (χ4n) is 2.29. The van der Waals surface area contributed by atoms with E-state index in [1.54, 1.807) is 0 Å². The van der Waals surface area contributed by atoms with Crippen LogP contribution in [0.4, 0.5) is 5.95 Å². The fourth-order valence-corrected chi connectivity index (χ4v) is 2.29. The van der Waals surface area contributed by atoms with Crippen molar-refractivity contribution in [3.8, 4) is 0 Å². The third-order valence-electron chi connectivity index (χ3n) is 3.52. The minimum Gasteiger partial charge on any atom is -0.353 e. The van der Waals surface area contributed by atoms with Crippen molar-refractivity contribution < 1.29 is 0 Å². The van der Waals surface area contributed by atoms with Crippen molar-refractivity contribution >= 4 is 5.95 Å². The Morgan fingerprint density at radius 3 is 2.88 bits per heavy atom. The number of piperidine rings is 1. The summed E-state index contributed by atoms with van der Waals surface area (Å²) in [6.45, 7) is 5.67. The molecule has 0 aromatic carbocycles. The minimum atomic E-state index is 0.592. The Kier molecular flexibility index (Phi) is 4.42. The number of nitrogens with one attached hydrogen (secondary N) is 1. The molecule has 1 aromatic rings. The molecule has 1 aromatic heterocycles. The van der Waals surface area contributed by atoms with Gasteiger partial charge in [0, 0.05) is 25.0 Å². The van der Waals surface area contributed by atoms with E-state index in [1.165, 1.54) is 38.8 Å². The quantitative estimate of drug-likeness (QED) is 0.850. The van der Waals surface area contributed by atoms with Crippen LogP contribution in [0.3, 0.4) is 0 Å². The lowest BCUT2D eigenvalue weighted by molar-refractivity contribution is 0.263.